The molecule has 1 fully saturated rings. The Morgan fingerprint density at radius 2 is 2.18 bits per heavy atom. The third-order valence-electron chi connectivity index (χ3n) is 6.17. The molecule has 3 aromatic heterocycles. The molecule has 5 rings (SSSR count). The summed E-state index contributed by atoms with van der Waals surface area (Å²) in [5.41, 5.74) is 6.99. The number of nitrogen functional groups attached to an aromatic ring is 1. The highest BCUT2D eigenvalue weighted by molar-refractivity contribution is 8.00. The van der Waals surface area contributed by atoms with E-state index >= 15 is 0 Å². The number of rotatable bonds is 8. The number of carboxylic acid groups (broad SMARTS) is 1. The molecular formula is C23H24N9O5S2+. The second kappa shape index (κ2) is 10.5. The Balaban J connectivity index is 1.35. The summed E-state index contributed by atoms with van der Waals surface area (Å²) in [5.74, 6) is -0.757. The van der Waals surface area contributed by atoms with Crippen LogP contribution in [0.4, 0.5) is 5.13 Å². The van der Waals surface area contributed by atoms with E-state index in [1.54, 1.807) is 10.1 Å². The molecule has 0 aromatic carbocycles. The zero-order chi connectivity index (χ0) is 27.8. The number of carboxylic acids is 1. The molecule has 0 radical (unpaired) electrons. The first kappa shape index (κ1) is 26.3. The number of thiazole rings is 1. The standard InChI is InChI=1S/C23H23N9O5S2/c1-11-25-18(28-30(11)2)12-5-4-6-31(7-12)8-13-9-38-21-16(20(34)32(21)17(13)22(35)36)27-19(33)15(29-37-3)14-10-39-23(24)26-14/h4-7,10,16,21H,8-9H2,1-3H3,(H3-,24,26,27,33,35,36)/p+1/b29-15-/t16-,21-/m1/s1. The van der Waals surface area contributed by atoms with Crippen molar-refractivity contribution in [1.82, 2.24) is 30.0 Å². The molecule has 3 aromatic rings. The zero-order valence-corrected chi connectivity index (χ0v) is 22.7. The molecule has 5 heterocycles. The van der Waals surface area contributed by atoms with E-state index in [1.165, 1.54) is 23.8 Å². The number of hydrogen-bond acceptors (Lipinski definition) is 11. The minimum absolute atomic E-state index is 0.0861. The Bertz CT molecular complexity index is 1530. The average molecular weight is 571 g/mol. The summed E-state index contributed by atoms with van der Waals surface area (Å²) in [4.78, 5) is 52.8. The number of fused-ring (bicyclic) bond motifs is 1. The van der Waals surface area contributed by atoms with E-state index in [0.717, 1.165) is 22.7 Å². The van der Waals surface area contributed by atoms with Crippen LogP contribution in [0, 0.1) is 6.92 Å². The van der Waals surface area contributed by atoms with Crippen LogP contribution >= 0.6 is 23.1 Å². The van der Waals surface area contributed by atoms with Gasteiger partial charge in [0.15, 0.2) is 35.6 Å². The first-order valence-electron chi connectivity index (χ1n) is 11.6. The van der Waals surface area contributed by atoms with Crippen molar-refractivity contribution in [3.8, 4) is 11.4 Å². The van der Waals surface area contributed by atoms with Gasteiger partial charge in [0.25, 0.3) is 11.8 Å². The normalized spacial score (nSPS) is 19.0. The van der Waals surface area contributed by atoms with E-state index < -0.39 is 29.2 Å². The maximum Gasteiger partial charge on any atom is 0.352 e. The maximum absolute atomic E-state index is 13.1. The Morgan fingerprint density at radius 1 is 1.38 bits per heavy atom. The number of pyridine rings is 1. The summed E-state index contributed by atoms with van der Waals surface area (Å²) < 4.78 is 3.51. The highest BCUT2D eigenvalue weighted by Crippen LogP contribution is 2.40. The highest BCUT2D eigenvalue weighted by atomic mass is 32.2. The number of carbonyl (C=O) groups is 3. The molecule has 0 saturated carbocycles. The number of β-lactam (4-membered cyclic amide) rings is 1. The molecule has 2 amide bonds. The summed E-state index contributed by atoms with van der Waals surface area (Å²) >= 11 is 2.50. The number of nitrogens with one attached hydrogen (secondary N) is 1. The van der Waals surface area contributed by atoms with Gasteiger partial charge in [0.1, 0.15) is 35.7 Å². The summed E-state index contributed by atoms with van der Waals surface area (Å²) in [5, 5.41) is 22.0. The van der Waals surface area contributed by atoms with Gasteiger partial charge in [-0.05, 0) is 13.0 Å². The molecule has 16 heteroatoms. The van der Waals surface area contributed by atoms with Crippen molar-refractivity contribution in [3.05, 3.63) is 52.7 Å². The number of aliphatic carboxylic acids is 1. The Labute approximate surface area is 230 Å². The lowest BCUT2D eigenvalue weighted by atomic mass is 10.0. The molecule has 14 nitrogen and oxygen atoms in total. The number of thioether (sulfide) groups is 1. The van der Waals surface area contributed by atoms with E-state index in [9.17, 15) is 19.5 Å². The van der Waals surface area contributed by atoms with Gasteiger partial charge in [-0.15, -0.1) is 23.1 Å². The van der Waals surface area contributed by atoms with E-state index in [-0.39, 0.29) is 28.8 Å². The van der Waals surface area contributed by atoms with Gasteiger partial charge in [0.05, 0.1) is 5.56 Å². The largest absolute Gasteiger partial charge is 0.477 e. The van der Waals surface area contributed by atoms with Crippen LogP contribution in [0.1, 0.15) is 11.5 Å². The Morgan fingerprint density at radius 3 is 2.82 bits per heavy atom. The minimum Gasteiger partial charge on any atom is -0.477 e. The number of nitrogens with two attached hydrogens (primary N) is 1. The van der Waals surface area contributed by atoms with Crippen molar-refractivity contribution < 1.29 is 28.9 Å². The Hall–Kier alpha value is -4.31. The van der Waals surface area contributed by atoms with Gasteiger partial charge in [-0.2, -0.15) is 5.10 Å². The van der Waals surface area contributed by atoms with Gasteiger partial charge in [-0.3, -0.25) is 19.2 Å². The Kier molecular flexibility index (Phi) is 7.05. The van der Waals surface area contributed by atoms with Crippen molar-refractivity contribution in [2.24, 2.45) is 12.2 Å². The fourth-order valence-electron chi connectivity index (χ4n) is 4.26. The number of anilines is 1. The molecule has 39 heavy (non-hydrogen) atoms. The number of amides is 2. The van der Waals surface area contributed by atoms with Crippen LogP contribution in [0.15, 0.2) is 46.3 Å². The van der Waals surface area contributed by atoms with E-state index in [0.29, 0.717) is 17.2 Å². The molecule has 4 N–H and O–H groups in total. The molecule has 0 spiro atoms. The quantitative estimate of drug-likeness (QED) is 0.143. The topological polar surface area (TPSA) is 182 Å². The van der Waals surface area contributed by atoms with E-state index in [2.05, 4.69) is 25.5 Å². The molecule has 2 aliphatic rings. The summed E-state index contributed by atoms with van der Waals surface area (Å²) in [6, 6.07) is 2.76. The van der Waals surface area contributed by atoms with Crippen molar-refractivity contribution >= 4 is 51.7 Å². The van der Waals surface area contributed by atoms with Gasteiger partial charge in [-0.1, -0.05) is 5.16 Å². The van der Waals surface area contributed by atoms with Gasteiger partial charge < -0.3 is 21.0 Å². The van der Waals surface area contributed by atoms with Crippen LogP contribution in [0.2, 0.25) is 0 Å². The smallest absolute Gasteiger partial charge is 0.352 e. The number of nitrogens with zero attached hydrogens (tertiary/aromatic N) is 7. The van der Waals surface area contributed by atoms with Gasteiger partial charge in [0, 0.05) is 29.8 Å². The van der Waals surface area contributed by atoms with Gasteiger partial charge >= 0.3 is 5.97 Å². The fourth-order valence-corrected chi connectivity index (χ4v) is 6.15. The lowest BCUT2D eigenvalue weighted by Gasteiger charge is -2.49. The van der Waals surface area contributed by atoms with Crippen LogP contribution in [-0.2, 0) is 32.8 Å². The van der Waals surface area contributed by atoms with E-state index in [4.69, 9.17) is 10.6 Å². The third kappa shape index (κ3) is 4.95. The van der Waals surface area contributed by atoms with Crippen LogP contribution in [-0.4, -0.2) is 77.5 Å². The zero-order valence-electron chi connectivity index (χ0n) is 21.1. The number of hydrogen-bond donors (Lipinski definition) is 3. The van der Waals surface area contributed by atoms with Crippen LogP contribution < -0.4 is 15.6 Å². The lowest BCUT2D eigenvalue weighted by molar-refractivity contribution is -0.688. The molecule has 2 atom stereocenters. The monoisotopic (exact) mass is 570 g/mol. The fraction of sp³-hybridized carbons (Fsp3) is 0.304. The number of oxime groups is 1. The summed E-state index contributed by atoms with van der Waals surface area (Å²) in [6.45, 7) is 2.10. The number of aromatic nitrogens is 5. The summed E-state index contributed by atoms with van der Waals surface area (Å²) in [7, 11) is 3.09. The number of carbonyl (C=O) groups excluding carboxylic acids is 2. The van der Waals surface area contributed by atoms with Gasteiger partial charge in [-0.25, -0.2) is 19.3 Å². The van der Waals surface area contributed by atoms with Crippen molar-refractivity contribution in [2.45, 2.75) is 24.9 Å². The molecule has 2 aliphatic heterocycles. The second-order valence-corrected chi connectivity index (χ2v) is 10.7. The highest BCUT2D eigenvalue weighted by Gasteiger charge is 2.54. The first-order valence-corrected chi connectivity index (χ1v) is 13.5. The molecule has 202 valence electrons. The predicted molar refractivity (Wildman–Crippen MR) is 141 cm³/mol. The SMILES string of the molecule is CO/N=C(\C(=O)N[C@@H]1C(=O)N2C(C(=O)O)=C(C[n+]3cccc(-c4nc(C)n(C)n4)c3)CS[C@H]12)c1csc(N)n1. The van der Waals surface area contributed by atoms with Crippen molar-refractivity contribution in [1.29, 1.82) is 0 Å². The van der Waals surface area contributed by atoms with Crippen molar-refractivity contribution in [3.63, 3.8) is 0 Å². The van der Waals surface area contributed by atoms with Crippen LogP contribution in [0.5, 0.6) is 0 Å². The molecule has 0 bridgehead atoms. The summed E-state index contributed by atoms with van der Waals surface area (Å²) in [6.07, 6.45) is 3.65. The molecule has 1 saturated heterocycles. The first-order chi connectivity index (χ1) is 18.7. The average Bonchev–Trinajstić information content (AvgIpc) is 3.49. The maximum atomic E-state index is 13.1. The van der Waals surface area contributed by atoms with Crippen LogP contribution in [0.3, 0.4) is 0 Å². The van der Waals surface area contributed by atoms with Crippen LogP contribution in [0.25, 0.3) is 11.4 Å². The molecule has 0 unspecified atom stereocenters. The lowest BCUT2D eigenvalue weighted by Crippen LogP contribution is -2.71. The van der Waals surface area contributed by atoms with E-state index in [1.807, 2.05) is 43.1 Å². The minimum atomic E-state index is -1.22. The third-order valence-corrected chi connectivity index (χ3v) is 8.18. The van der Waals surface area contributed by atoms with Gasteiger partial charge in [0.2, 0.25) is 0 Å². The molecular weight excluding hydrogens is 546 g/mol. The van der Waals surface area contributed by atoms with Crippen molar-refractivity contribution in [2.75, 3.05) is 18.6 Å². The molecule has 0 aliphatic carbocycles. The number of aryl methyl sites for hydroxylation is 2. The predicted octanol–water partition coefficient (Wildman–Crippen LogP) is -0.0940. The second-order valence-electron chi connectivity index (χ2n) is 8.68.